The van der Waals surface area contributed by atoms with Crippen LogP contribution in [0.4, 0.5) is 0 Å². The molecule has 1 aliphatic heterocycles. The van der Waals surface area contributed by atoms with Gasteiger partial charge < -0.3 is 9.64 Å². The first-order valence-corrected chi connectivity index (χ1v) is 9.26. The van der Waals surface area contributed by atoms with Crippen LogP contribution in [0.15, 0.2) is 48.6 Å². The monoisotopic (exact) mass is 334 g/mol. The average Bonchev–Trinajstić information content (AvgIpc) is 3.38. The number of carbonyl (C=O) groups excluding carboxylic acids is 1. The van der Waals surface area contributed by atoms with E-state index in [9.17, 15) is 4.79 Å². The SMILES string of the molecule is O=C(C1CC2C=CC1C2)N1CCC(Oc2ccc3ccccc3n2)C1. The van der Waals surface area contributed by atoms with Gasteiger partial charge in [0.25, 0.3) is 0 Å². The third-order valence-electron chi connectivity index (χ3n) is 5.91. The maximum absolute atomic E-state index is 12.8. The third kappa shape index (κ3) is 2.70. The first-order chi connectivity index (χ1) is 12.3. The second-order valence-electron chi connectivity index (χ2n) is 7.54. The predicted molar refractivity (Wildman–Crippen MR) is 96.2 cm³/mol. The summed E-state index contributed by atoms with van der Waals surface area (Å²) in [5.74, 6) is 2.29. The van der Waals surface area contributed by atoms with Crippen molar-refractivity contribution in [2.75, 3.05) is 13.1 Å². The third-order valence-corrected chi connectivity index (χ3v) is 5.91. The highest BCUT2D eigenvalue weighted by atomic mass is 16.5. The Kier molecular flexibility index (Phi) is 3.51. The summed E-state index contributed by atoms with van der Waals surface area (Å²) in [6, 6.07) is 12.0. The van der Waals surface area contributed by atoms with Crippen LogP contribution in [0.25, 0.3) is 10.9 Å². The lowest BCUT2D eigenvalue weighted by Crippen LogP contribution is -2.37. The number of rotatable bonds is 3. The molecule has 2 heterocycles. The summed E-state index contributed by atoms with van der Waals surface area (Å²) < 4.78 is 6.07. The van der Waals surface area contributed by atoms with Crippen LogP contribution in [0.1, 0.15) is 19.3 Å². The number of ether oxygens (including phenoxy) is 1. The zero-order chi connectivity index (χ0) is 16.8. The fourth-order valence-electron chi connectivity index (χ4n) is 4.61. The topological polar surface area (TPSA) is 42.4 Å². The summed E-state index contributed by atoms with van der Waals surface area (Å²) in [6.07, 6.45) is 7.68. The van der Waals surface area contributed by atoms with Crippen molar-refractivity contribution in [1.82, 2.24) is 9.88 Å². The molecule has 5 rings (SSSR count). The van der Waals surface area contributed by atoms with Crippen LogP contribution in [0.5, 0.6) is 5.88 Å². The van der Waals surface area contributed by atoms with Gasteiger partial charge in [-0.25, -0.2) is 4.98 Å². The van der Waals surface area contributed by atoms with Crippen molar-refractivity contribution in [2.24, 2.45) is 17.8 Å². The van der Waals surface area contributed by atoms with Crippen LogP contribution in [0, 0.1) is 17.8 Å². The van der Waals surface area contributed by atoms with Crippen LogP contribution in [0.3, 0.4) is 0 Å². The second-order valence-corrected chi connectivity index (χ2v) is 7.54. The van der Waals surface area contributed by atoms with E-state index in [1.807, 2.05) is 41.3 Å². The zero-order valence-corrected chi connectivity index (χ0v) is 14.2. The minimum absolute atomic E-state index is 0.0479. The number of hydrogen-bond donors (Lipinski definition) is 0. The van der Waals surface area contributed by atoms with Crippen LogP contribution in [-0.2, 0) is 4.79 Å². The van der Waals surface area contributed by atoms with E-state index in [0.29, 0.717) is 30.2 Å². The molecule has 25 heavy (non-hydrogen) atoms. The molecule has 0 radical (unpaired) electrons. The molecule has 2 bridgehead atoms. The molecule has 2 fully saturated rings. The number of hydrogen-bond acceptors (Lipinski definition) is 3. The molecule has 0 spiro atoms. The van der Waals surface area contributed by atoms with Crippen molar-refractivity contribution in [3.05, 3.63) is 48.6 Å². The predicted octanol–water partition coefficient (Wildman–Crippen LogP) is 3.43. The lowest BCUT2D eigenvalue weighted by atomic mass is 9.92. The fraction of sp³-hybridized carbons (Fsp3) is 0.429. The summed E-state index contributed by atoms with van der Waals surface area (Å²) >= 11 is 0. The Morgan fingerprint density at radius 3 is 2.88 bits per heavy atom. The Bertz CT molecular complexity index is 847. The summed E-state index contributed by atoms with van der Waals surface area (Å²) in [7, 11) is 0. The maximum atomic E-state index is 12.8. The van der Waals surface area contributed by atoms with Crippen molar-refractivity contribution in [1.29, 1.82) is 0 Å². The number of allylic oxidation sites excluding steroid dienone is 2. The number of likely N-dealkylation sites (tertiary alicyclic amines) is 1. The maximum Gasteiger partial charge on any atom is 0.226 e. The van der Waals surface area contributed by atoms with Gasteiger partial charge in [-0.3, -0.25) is 4.79 Å². The molecule has 1 saturated heterocycles. The molecule has 0 N–H and O–H groups in total. The van der Waals surface area contributed by atoms with Gasteiger partial charge in [-0.1, -0.05) is 30.4 Å². The lowest BCUT2D eigenvalue weighted by molar-refractivity contribution is -0.135. The number of nitrogens with zero attached hydrogens (tertiary/aromatic N) is 2. The number of fused-ring (bicyclic) bond motifs is 3. The number of aromatic nitrogens is 1. The quantitative estimate of drug-likeness (QED) is 0.808. The van der Waals surface area contributed by atoms with E-state index in [0.717, 1.165) is 30.3 Å². The van der Waals surface area contributed by atoms with E-state index >= 15 is 0 Å². The summed E-state index contributed by atoms with van der Waals surface area (Å²) in [4.78, 5) is 19.4. The van der Waals surface area contributed by atoms with Gasteiger partial charge in [-0.15, -0.1) is 0 Å². The van der Waals surface area contributed by atoms with Gasteiger partial charge in [0.05, 0.1) is 12.1 Å². The van der Waals surface area contributed by atoms with Gasteiger partial charge in [-0.2, -0.15) is 0 Å². The van der Waals surface area contributed by atoms with Gasteiger partial charge in [0.1, 0.15) is 6.10 Å². The summed E-state index contributed by atoms with van der Waals surface area (Å²) in [6.45, 7) is 1.49. The average molecular weight is 334 g/mol. The Balaban J connectivity index is 1.24. The Morgan fingerprint density at radius 1 is 1.12 bits per heavy atom. The van der Waals surface area contributed by atoms with Crippen molar-refractivity contribution in [3.63, 3.8) is 0 Å². The van der Waals surface area contributed by atoms with Crippen LogP contribution in [-0.4, -0.2) is 35.0 Å². The Morgan fingerprint density at radius 2 is 2.04 bits per heavy atom. The number of para-hydroxylation sites is 1. The van der Waals surface area contributed by atoms with Crippen LogP contribution >= 0.6 is 0 Å². The van der Waals surface area contributed by atoms with Gasteiger partial charge in [0.15, 0.2) is 0 Å². The molecule has 1 aromatic carbocycles. The number of amides is 1. The van der Waals surface area contributed by atoms with Gasteiger partial charge in [-0.05, 0) is 36.8 Å². The standard InChI is InChI=1S/C21H22N2O2/c24-21(18-12-14-5-6-16(18)11-14)23-10-9-17(13-23)25-20-8-7-15-3-1-2-4-19(15)22-20/h1-8,14,16-18H,9-13H2. The van der Waals surface area contributed by atoms with Crippen LogP contribution < -0.4 is 4.74 Å². The number of pyridine rings is 1. The molecular formula is C21H22N2O2. The van der Waals surface area contributed by atoms with E-state index in [1.165, 1.54) is 6.42 Å². The lowest BCUT2D eigenvalue weighted by Gasteiger charge is -2.24. The molecule has 1 saturated carbocycles. The van der Waals surface area contributed by atoms with Crippen LogP contribution in [0.2, 0.25) is 0 Å². The number of carbonyl (C=O) groups is 1. The Hall–Kier alpha value is -2.36. The highest BCUT2D eigenvalue weighted by Gasteiger charge is 2.42. The fourth-order valence-corrected chi connectivity index (χ4v) is 4.61. The van der Waals surface area contributed by atoms with Gasteiger partial charge in [0.2, 0.25) is 11.8 Å². The van der Waals surface area contributed by atoms with Crippen molar-refractivity contribution in [3.8, 4) is 5.88 Å². The second kappa shape index (κ2) is 5.87. The smallest absolute Gasteiger partial charge is 0.226 e. The Labute approximate surface area is 147 Å². The molecule has 4 unspecified atom stereocenters. The first kappa shape index (κ1) is 14.9. The molecule has 4 atom stereocenters. The summed E-state index contributed by atoms with van der Waals surface area (Å²) in [5.41, 5.74) is 0.944. The molecule has 4 nitrogen and oxygen atoms in total. The molecular weight excluding hydrogens is 312 g/mol. The molecule has 2 aliphatic carbocycles. The molecule has 1 amide bonds. The van der Waals surface area contributed by atoms with E-state index < -0.39 is 0 Å². The van der Waals surface area contributed by atoms with E-state index in [4.69, 9.17) is 4.74 Å². The minimum atomic E-state index is 0.0479. The molecule has 2 aromatic rings. The summed E-state index contributed by atoms with van der Waals surface area (Å²) in [5, 5.41) is 1.11. The van der Waals surface area contributed by atoms with E-state index in [-0.39, 0.29) is 12.0 Å². The minimum Gasteiger partial charge on any atom is -0.472 e. The van der Waals surface area contributed by atoms with Crippen molar-refractivity contribution < 1.29 is 9.53 Å². The first-order valence-electron chi connectivity index (χ1n) is 9.26. The van der Waals surface area contributed by atoms with E-state index in [1.54, 1.807) is 0 Å². The normalized spacial score (nSPS) is 30.3. The molecule has 128 valence electrons. The van der Waals surface area contributed by atoms with Crippen molar-refractivity contribution >= 4 is 16.8 Å². The number of benzene rings is 1. The van der Waals surface area contributed by atoms with Gasteiger partial charge in [0, 0.05) is 30.3 Å². The molecule has 4 heteroatoms. The highest BCUT2D eigenvalue weighted by Crippen LogP contribution is 2.44. The molecule has 1 aromatic heterocycles. The van der Waals surface area contributed by atoms with Crippen molar-refractivity contribution in [2.45, 2.75) is 25.4 Å². The van der Waals surface area contributed by atoms with Gasteiger partial charge >= 0.3 is 0 Å². The molecule has 3 aliphatic rings. The van der Waals surface area contributed by atoms with E-state index in [2.05, 4.69) is 17.1 Å². The largest absolute Gasteiger partial charge is 0.472 e. The zero-order valence-electron chi connectivity index (χ0n) is 14.2. The highest BCUT2D eigenvalue weighted by molar-refractivity contribution is 5.80.